The molecule has 0 aliphatic carbocycles. The number of anilines is 1. The summed E-state index contributed by atoms with van der Waals surface area (Å²) in [6, 6.07) is 0.0393. The van der Waals surface area contributed by atoms with Gasteiger partial charge in [-0.05, 0) is 73.6 Å². The predicted octanol–water partition coefficient (Wildman–Crippen LogP) is 5.95. The summed E-state index contributed by atoms with van der Waals surface area (Å²) in [7, 11) is 0. The van der Waals surface area contributed by atoms with Gasteiger partial charge < -0.3 is 23.8 Å². The van der Waals surface area contributed by atoms with Crippen LogP contribution in [0.3, 0.4) is 0 Å². The minimum Gasteiger partial charge on any atom is -0.463 e. The third kappa shape index (κ3) is 10.0. The number of nitrogens with zero attached hydrogens (tertiary/aromatic N) is 5. The lowest BCUT2D eigenvalue weighted by Crippen LogP contribution is -2.57. The summed E-state index contributed by atoms with van der Waals surface area (Å²) in [5, 5.41) is 0.211. The summed E-state index contributed by atoms with van der Waals surface area (Å²) >= 11 is 5.96. The fourth-order valence-corrected chi connectivity index (χ4v) is 4.99. The van der Waals surface area contributed by atoms with E-state index in [1.807, 2.05) is 46.4 Å². The first-order valence-corrected chi connectivity index (χ1v) is 15.2. The molecule has 2 aromatic heterocycles. The number of pyridine rings is 1. The molecule has 2 unspecified atom stereocenters. The first-order valence-electron chi connectivity index (χ1n) is 14.8. The molecule has 2 aliphatic heterocycles. The number of carbonyl (C=O) groups is 2. The van der Waals surface area contributed by atoms with E-state index in [-0.39, 0.29) is 40.5 Å². The van der Waals surface area contributed by atoms with E-state index in [4.69, 9.17) is 25.8 Å². The molecule has 4 heterocycles. The molecule has 1 amide bonds. The molecule has 2 saturated heterocycles. The fraction of sp³-hybridized carbons (Fsp3) is 0.700. The van der Waals surface area contributed by atoms with E-state index >= 15 is 0 Å². The smallest absolute Gasteiger partial charge is 0.410 e. The number of halogens is 2. The van der Waals surface area contributed by atoms with Gasteiger partial charge in [0.1, 0.15) is 22.5 Å². The zero-order chi connectivity index (χ0) is 31.8. The Hall–Kier alpha value is -2.99. The highest BCUT2D eigenvalue weighted by Crippen LogP contribution is 2.37. The van der Waals surface area contributed by atoms with Crippen molar-refractivity contribution in [1.82, 2.24) is 19.9 Å². The molecule has 2 bridgehead atoms. The second-order valence-corrected chi connectivity index (χ2v) is 13.0. The molecule has 11 nitrogen and oxygen atoms in total. The Balaban J connectivity index is 0.000000646. The molecule has 2 aromatic rings. The molecule has 0 N–H and O–H groups in total. The van der Waals surface area contributed by atoms with Crippen LogP contribution in [0.25, 0.3) is 10.9 Å². The zero-order valence-electron chi connectivity index (χ0n) is 26.3. The minimum absolute atomic E-state index is 0.0267. The van der Waals surface area contributed by atoms with Crippen molar-refractivity contribution >= 4 is 40.9 Å². The number of ether oxygens (including phenoxy) is 4. The van der Waals surface area contributed by atoms with E-state index in [0.717, 1.165) is 38.7 Å². The second-order valence-electron chi connectivity index (χ2n) is 12.6. The number of piperazine rings is 1. The number of rotatable bonds is 10. The van der Waals surface area contributed by atoms with Gasteiger partial charge in [0.05, 0.1) is 24.1 Å². The molecule has 0 spiro atoms. The number of fused-ring (bicyclic) bond motifs is 3. The average Bonchev–Trinajstić information content (AvgIpc) is 3.18. The SMILES string of the molecule is CC(C)(C)OC=O.CCCOCCCCOc1nc(N2CC3CCC(C2)N3C(=O)OC(C)(C)C)c2cnc(Cl)c(F)c2n1. The molecule has 4 rings (SSSR count). The van der Waals surface area contributed by atoms with Crippen molar-refractivity contribution in [2.24, 2.45) is 0 Å². The quantitative estimate of drug-likeness (QED) is 0.178. The van der Waals surface area contributed by atoms with Crippen molar-refractivity contribution in [3.63, 3.8) is 0 Å². The monoisotopic (exact) mass is 625 g/mol. The second kappa shape index (κ2) is 15.1. The number of aromatic nitrogens is 3. The number of unbranched alkanes of at least 4 members (excludes halogenated alkanes) is 1. The summed E-state index contributed by atoms with van der Waals surface area (Å²) in [6.45, 7) is 16.5. The minimum atomic E-state index is -0.703. The van der Waals surface area contributed by atoms with Gasteiger partial charge in [0.15, 0.2) is 11.0 Å². The number of carbonyl (C=O) groups excluding carboxylic acids is 2. The van der Waals surface area contributed by atoms with Crippen molar-refractivity contribution in [3.8, 4) is 6.01 Å². The lowest BCUT2D eigenvalue weighted by atomic mass is 10.1. The van der Waals surface area contributed by atoms with Gasteiger partial charge in [-0.25, -0.2) is 14.2 Å². The van der Waals surface area contributed by atoms with E-state index in [1.54, 1.807) is 0 Å². The number of hydrogen-bond donors (Lipinski definition) is 0. The molecular weight excluding hydrogens is 581 g/mol. The molecule has 2 atom stereocenters. The van der Waals surface area contributed by atoms with Crippen LogP contribution in [0, 0.1) is 5.82 Å². The Labute approximate surface area is 258 Å². The van der Waals surface area contributed by atoms with Gasteiger partial charge in [-0.1, -0.05) is 18.5 Å². The predicted molar refractivity (Wildman–Crippen MR) is 162 cm³/mol. The zero-order valence-corrected chi connectivity index (χ0v) is 27.1. The normalized spacial score (nSPS) is 18.3. The highest BCUT2D eigenvalue weighted by Gasteiger charge is 2.45. The maximum absolute atomic E-state index is 14.9. The molecule has 2 fully saturated rings. The molecule has 13 heteroatoms. The Morgan fingerprint density at radius 2 is 1.70 bits per heavy atom. The lowest BCUT2D eigenvalue weighted by molar-refractivity contribution is -0.138. The Bertz CT molecular complexity index is 1220. The van der Waals surface area contributed by atoms with Crippen LogP contribution in [0.5, 0.6) is 6.01 Å². The number of amides is 1. The third-order valence-corrected chi connectivity index (χ3v) is 6.91. The van der Waals surface area contributed by atoms with Gasteiger partial charge in [0, 0.05) is 32.5 Å². The first-order chi connectivity index (χ1) is 20.2. The fourth-order valence-electron chi connectivity index (χ4n) is 4.85. The van der Waals surface area contributed by atoms with Crippen LogP contribution in [-0.4, -0.2) is 88.6 Å². The summed E-state index contributed by atoms with van der Waals surface area (Å²) in [5.41, 5.74) is -0.807. The average molecular weight is 626 g/mol. The number of hydrogen-bond acceptors (Lipinski definition) is 10. The molecule has 0 radical (unpaired) electrons. The molecule has 240 valence electrons. The maximum atomic E-state index is 14.9. The van der Waals surface area contributed by atoms with Gasteiger partial charge >= 0.3 is 12.1 Å². The summed E-state index contributed by atoms with van der Waals surface area (Å²) < 4.78 is 36.4. The lowest BCUT2D eigenvalue weighted by Gasteiger charge is -2.42. The highest BCUT2D eigenvalue weighted by atomic mass is 35.5. The van der Waals surface area contributed by atoms with Crippen LogP contribution in [0.4, 0.5) is 15.0 Å². The van der Waals surface area contributed by atoms with Gasteiger partial charge in [0.25, 0.3) is 6.47 Å². The van der Waals surface area contributed by atoms with Gasteiger partial charge in [-0.15, -0.1) is 0 Å². The summed E-state index contributed by atoms with van der Waals surface area (Å²) in [4.78, 5) is 39.3. The summed E-state index contributed by atoms with van der Waals surface area (Å²) in [5.74, 6) is -0.170. The van der Waals surface area contributed by atoms with Crippen molar-refractivity contribution in [3.05, 3.63) is 17.2 Å². The largest absolute Gasteiger partial charge is 0.463 e. The van der Waals surface area contributed by atoms with Crippen LogP contribution in [0.2, 0.25) is 5.15 Å². The van der Waals surface area contributed by atoms with E-state index in [0.29, 0.717) is 44.0 Å². The maximum Gasteiger partial charge on any atom is 0.410 e. The van der Waals surface area contributed by atoms with Crippen molar-refractivity contribution in [2.45, 2.75) is 104 Å². The molecule has 43 heavy (non-hydrogen) atoms. The summed E-state index contributed by atoms with van der Waals surface area (Å²) in [6.07, 6.45) is 5.53. The van der Waals surface area contributed by atoms with Gasteiger partial charge in [0.2, 0.25) is 0 Å². The van der Waals surface area contributed by atoms with E-state index in [1.165, 1.54) is 6.20 Å². The standard InChI is InChI=1S/C25H35ClFN5O4.C5H10O2/c1-5-10-34-11-6-7-12-35-23-29-20-18(13-28-21(26)19(20)27)22(30-23)31-14-16-8-9-17(15-31)32(16)24(33)36-25(2,3)4;1-5(2,3)7-4-6/h13,16-17H,5-12,14-15H2,1-4H3;4H,1-3H3. The first kappa shape index (κ1) is 34.5. The highest BCUT2D eigenvalue weighted by molar-refractivity contribution is 6.30. The molecule has 0 saturated carbocycles. The van der Waals surface area contributed by atoms with Crippen molar-refractivity contribution in [2.75, 3.05) is 37.8 Å². The van der Waals surface area contributed by atoms with Crippen LogP contribution in [0.1, 0.15) is 80.6 Å². The molecular formula is C30H45ClFN5O6. The van der Waals surface area contributed by atoms with Crippen molar-refractivity contribution in [1.29, 1.82) is 0 Å². The van der Waals surface area contributed by atoms with E-state index < -0.39 is 11.4 Å². The molecule has 2 aliphatic rings. The van der Waals surface area contributed by atoms with Crippen LogP contribution in [-0.2, 0) is 19.0 Å². The van der Waals surface area contributed by atoms with Crippen LogP contribution >= 0.6 is 11.6 Å². The Kier molecular flexibility index (Phi) is 12.1. The Morgan fingerprint density at radius 3 is 2.26 bits per heavy atom. The van der Waals surface area contributed by atoms with Gasteiger partial charge in [-0.3, -0.25) is 9.69 Å². The third-order valence-electron chi connectivity index (χ3n) is 6.65. The van der Waals surface area contributed by atoms with Crippen LogP contribution in [0.15, 0.2) is 6.20 Å². The van der Waals surface area contributed by atoms with Crippen LogP contribution < -0.4 is 9.64 Å². The molecule has 0 aromatic carbocycles. The Morgan fingerprint density at radius 1 is 1.05 bits per heavy atom. The van der Waals surface area contributed by atoms with Gasteiger partial charge in [-0.2, -0.15) is 9.97 Å². The van der Waals surface area contributed by atoms with Crippen molar-refractivity contribution < 1.29 is 32.9 Å². The van der Waals surface area contributed by atoms with E-state index in [9.17, 15) is 14.0 Å². The van der Waals surface area contributed by atoms with E-state index in [2.05, 4.69) is 31.5 Å². The topological polar surface area (TPSA) is 116 Å².